The second-order valence-corrected chi connectivity index (χ2v) is 15.7. The summed E-state index contributed by atoms with van der Waals surface area (Å²) in [5, 5.41) is 3.95. The molecule has 5 aromatic carbocycles. The summed E-state index contributed by atoms with van der Waals surface area (Å²) in [7, 11) is 0. The zero-order chi connectivity index (χ0) is 40.7. The minimum absolute atomic E-state index is 0.185. The summed E-state index contributed by atoms with van der Waals surface area (Å²) >= 11 is 0. The number of fused-ring (bicyclic) bond motifs is 3. The second-order valence-electron chi connectivity index (χ2n) is 15.7. The molecule has 0 saturated carbocycles. The summed E-state index contributed by atoms with van der Waals surface area (Å²) in [6, 6.07) is 46.4. The van der Waals surface area contributed by atoms with E-state index in [9.17, 15) is 0 Å². The van der Waals surface area contributed by atoms with Crippen LogP contribution in [0.3, 0.4) is 0 Å². The molecule has 9 rings (SSSR count). The van der Waals surface area contributed by atoms with Gasteiger partial charge in [-0.15, -0.1) is 0 Å². The fraction of sp³-hybridized carbons (Fsp3) is 0.161. The smallest absolute Gasteiger partial charge is 0.0602 e. The van der Waals surface area contributed by atoms with Crippen molar-refractivity contribution in [2.45, 2.75) is 58.5 Å². The van der Waals surface area contributed by atoms with Gasteiger partial charge in [-0.25, -0.2) is 0 Å². The van der Waals surface area contributed by atoms with E-state index in [-0.39, 0.29) is 18.0 Å². The van der Waals surface area contributed by atoms with E-state index < -0.39 is 0 Å². The van der Waals surface area contributed by atoms with Crippen molar-refractivity contribution in [2.24, 2.45) is 0 Å². The number of rotatable bonds is 9. The number of pyridine rings is 1. The largest absolute Gasteiger partial charge is 0.334 e. The fourth-order valence-electron chi connectivity index (χ4n) is 8.78. The number of hydrogen-bond acceptors (Lipinski definition) is 2. The van der Waals surface area contributed by atoms with Crippen LogP contribution in [-0.4, -0.2) is 15.6 Å². The van der Waals surface area contributed by atoms with Crippen LogP contribution in [0.15, 0.2) is 189 Å². The highest BCUT2D eigenvalue weighted by molar-refractivity contribution is 5.84. The van der Waals surface area contributed by atoms with Gasteiger partial charge in [-0.2, -0.15) is 0 Å². The van der Waals surface area contributed by atoms with Crippen molar-refractivity contribution in [2.75, 3.05) is 4.90 Å². The first-order valence-electron chi connectivity index (χ1n) is 20.9. The SMILES string of the molecule is C=C/C=C\C(C)n1c2c(c3ccccc31)=CCC(c1cc(-c3cccc(N(c4cccnc4)C4C=CC=CC4)c3)cc(-c3ccccc3C)c1C)C=2.Cc1ccccc1. The molecule has 7 aromatic rings. The normalized spacial score (nSPS) is 16.1. The predicted octanol–water partition coefficient (Wildman–Crippen LogP) is 13.1. The zero-order valence-electron chi connectivity index (χ0n) is 34.7. The van der Waals surface area contributed by atoms with Crippen molar-refractivity contribution >= 4 is 34.4 Å². The predicted molar refractivity (Wildman–Crippen MR) is 253 cm³/mol. The summed E-state index contributed by atoms with van der Waals surface area (Å²) in [5.41, 5.74) is 13.8. The first kappa shape index (κ1) is 39.1. The minimum Gasteiger partial charge on any atom is -0.334 e. The van der Waals surface area contributed by atoms with E-state index >= 15 is 0 Å². The molecule has 2 aliphatic carbocycles. The Morgan fingerprint density at radius 2 is 1.56 bits per heavy atom. The number of nitrogens with zero attached hydrogens (tertiary/aromatic N) is 3. The molecule has 0 fully saturated rings. The Bertz CT molecular complexity index is 2800. The number of anilines is 2. The lowest BCUT2D eigenvalue weighted by molar-refractivity contribution is 0.663. The Labute approximate surface area is 350 Å². The zero-order valence-corrected chi connectivity index (χ0v) is 34.7. The number of allylic oxidation sites excluding steroid dienone is 5. The van der Waals surface area contributed by atoms with Gasteiger partial charge in [0.05, 0.1) is 17.9 Å². The second kappa shape index (κ2) is 17.8. The van der Waals surface area contributed by atoms with Gasteiger partial charge in [-0.3, -0.25) is 4.98 Å². The van der Waals surface area contributed by atoms with E-state index in [0.29, 0.717) is 0 Å². The molecule has 2 aliphatic rings. The van der Waals surface area contributed by atoms with Gasteiger partial charge in [0.1, 0.15) is 0 Å². The van der Waals surface area contributed by atoms with Crippen molar-refractivity contribution in [1.29, 1.82) is 0 Å². The van der Waals surface area contributed by atoms with E-state index in [1.165, 1.54) is 66.0 Å². The third-order valence-corrected chi connectivity index (χ3v) is 11.8. The monoisotopic (exact) mass is 767 g/mol. The van der Waals surface area contributed by atoms with Crippen molar-refractivity contribution in [1.82, 2.24) is 9.55 Å². The van der Waals surface area contributed by atoms with Crippen LogP contribution in [0.4, 0.5) is 11.4 Å². The molecule has 0 bridgehead atoms. The Balaban J connectivity index is 0.000000628. The van der Waals surface area contributed by atoms with Crippen molar-refractivity contribution < 1.29 is 0 Å². The molecule has 2 heterocycles. The number of aromatic nitrogens is 2. The highest BCUT2D eigenvalue weighted by Gasteiger charge is 2.23. The minimum atomic E-state index is 0.185. The van der Waals surface area contributed by atoms with Crippen LogP contribution in [0.5, 0.6) is 0 Å². The number of para-hydroxylation sites is 1. The van der Waals surface area contributed by atoms with E-state index in [0.717, 1.165) is 24.2 Å². The van der Waals surface area contributed by atoms with Crippen LogP contribution < -0.4 is 15.5 Å². The standard InChI is InChI=1S/C49H45N3.C7H8/c1-5-6-17-35(3)51-48-25-13-12-24-44(48)45-27-26-38(32-49(45)51)46-30-39(31-47(36(46)4)43-23-11-10-16-34(43)2)37-18-14-21-41(29-37)52(40-19-8-7-9-20-40)42-22-15-28-50-33-42;1-7-5-3-2-4-6-7/h5-19,21-25,27-33,35,38,40H,1,20,26H2,2-4H3;2-6H,1H3/b17-6-;. The van der Waals surface area contributed by atoms with E-state index in [1.54, 1.807) is 0 Å². The van der Waals surface area contributed by atoms with Crippen LogP contribution in [0.1, 0.15) is 54.0 Å². The van der Waals surface area contributed by atoms with Crippen LogP contribution in [0.25, 0.3) is 45.3 Å². The number of hydrogen-bond donors (Lipinski definition) is 0. The molecule has 59 heavy (non-hydrogen) atoms. The van der Waals surface area contributed by atoms with Gasteiger partial charge in [-0.1, -0.05) is 158 Å². The molecule has 3 heteroatoms. The van der Waals surface area contributed by atoms with Gasteiger partial charge in [0.2, 0.25) is 0 Å². The average molecular weight is 768 g/mol. The molecule has 0 N–H and O–H groups in total. The van der Waals surface area contributed by atoms with Gasteiger partial charge in [-0.05, 0) is 116 Å². The summed E-state index contributed by atoms with van der Waals surface area (Å²) in [6.45, 7) is 12.8. The van der Waals surface area contributed by atoms with Gasteiger partial charge < -0.3 is 9.47 Å². The summed E-state index contributed by atoms with van der Waals surface area (Å²) in [6.07, 6.45) is 25.7. The molecule has 0 radical (unpaired) electrons. The number of benzene rings is 5. The van der Waals surface area contributed by atoms with Crippen LogP contribution in [-0.2, 0) is 0 Å². The molecule has 3 atom stereocenters. The summed E-state index contributed by atoms with van der Waals surface area (Å²) < 4.78 is 2.50. The summed E-state index contributed by atoms with van der Waals surface area (Å²) in [4.78, 5) is 6.91. The molecule has 0 aliphatic heterocycles. The highest BCUT2D eigenvalue weighted by atomic mass is 15.2. The third kappa shape index (κ3) is 8.33. The Hall–Kier alpha value is -6.71. The van der Waals surface area contributed by atoms with Crippen molar-refractivity contribution in [3.05, 3.63) is 222 Å². The third-order valence-electron chi connectivity index (χ3n) is 11.8. The molecule has 0 amide bonds. The lowest BCUT2D eigenvalue weighted by Crippen LogP contribution is -2.33. The molecule has 0 spiro atoms. The van der Waals surface area contributed by atoms with Gasteiger partial charge >= 0.3 is 0 Å². The number of aryl methyl sites for hydroxylation is 2. The lowest BCUT2D eigenvalue weighted by atomic mass is 9.82. The first-order valence-corrected chi connectivity index (χ1v) is 20.9. The fourth-order valence-corrected chi connectivity index (χ4v) is 8.78. The quantitative estimate of drug-likeness (QED) is 0.136. The molecule has 3 nitrogen and oxygen atoms in total. The van der Waals surface area contributed by atoms with Crippen LogP contribution in [0.2, 0.25) is 0 Å². The van der Waals surface area contributed by atoms with Gasteiger partial charge in [0.15, 0.2) is 0 Å². The van der Waals surface area contributed by atoms with E-state index in [2.05, 4.69) is 200 Å². The molecule has 0 saturated heterocycles. The Morgan fingerprint density at radius 3 is 2.31 bits per heavy atom. The molecular formula is C56H53N3. The van der Waals surface area contributed by atoms with Crippen molar-refractivity contribution in [3.8, 4) is 22.3 Å². The average Bonchev–Trinajstić information content (AvgIpc) is 3.61. The molecule has 3 unspecified atom stereocenters. The van der Waals surface area contributed by atoms with Gasteiger partial charge in [0.25, 0.3) is 0 Å². The maximum atomic E-state index is 4.49. The van der Waals surface area contributed by atoms with E-state index in [1.807, 2.05) is 42.7 Å². The summed E-state index contributed by atoms with van der Waals surface area (Å²) in [5.74, 6) is 0.225. The topological polar surface area (TPSA) is 21.1 Å². The van der Waals surface area contributed by atoms with Gasteiger partial charge in [0, 0.05) is 45.3 Å². The molecule has 292 valence electrons. The molecule has 2 aromatic heterocycles. The molecular weight excluding hydrogens is 715 g/mol. The first-order chi connectivity index (χ1) is 28.9. The van der Waals surface area contributed by atoms with Crippen molar-refractivity contribution in [3.63, 3.8) is 0 Å². The Kier molecular flexibility index (Phi) is 11.8. The van der Waals surface area contributed by atoms with Crippen LogP contribution in [0, 0.1) is 20.8 Å². The maximum Gasteiger partial charge on any atom is 0.0602 e. The maximum absolute atomic E-state index is 4.49. The Morgan fingerprint density at radius 1 is 0.763 bits per heavy atom. The highest BCUT2D eigenvalue weighted by Crippen LogP contribution is 2.40. The van der Waals surface area contributed by atoms with E-state index in [4.69, 9.17) is 0 Å². The van der Waals surface area contributed by atoms with Crippen LogP contribution >= 0.6 is 0 Å². The lowest BCUT2D eigenvalue weighted by Gasteiger charge is -2.32.